The van der Waals surface area contributed by atoms with Crippen LogP contribution >= 0.6 is 0 Å². The Labute approximate surface area is 160 Å². The number of hydrogen-bond donors (Lipinski definition) is 1. The Bertz CT molecular complexity index is 772. The number of rotatable bonds is 7. The monoisotopic (exact) mass is 366 g/mol. The molecule has 1 saturated heterocycles. The first-order valence-corrected chi connectivity index (χ1v) is 9.36. The topological polar surface area (TPSA) is 58.6 Å². The van der Waals surface area contributed by atoms with Crippen LogP contribution in [0.15, 0.2) is 54.6 Å². The van der Waals surface area contributed by atoms with Gasteiger partial charge in [0.15, 0.2) is 0 Å². The molecule has 0 aromatic heterocycles. The van der Waals surface area contributed by atoms with E-state index >= 15 is 0 Å². The van der Waals surface area contributed by atoms with Crippen molar-refractivity contribution in [2.75, 3.05) is 6.54 Å². The molecule has 0 spiro atoms. The van der Waals surface area contributed by atoms with Crippen LogP contribution in [0.25, 0.3) is 0 Å². The number of nitrogens with zero attached hydrogens (tertiary/aromatic N) is 1. The Morgan fingerprint density at radius 3 is 2.48 bits per heavy atom. The minimum absolute atomic E-state index is 0.0363. The van der Waals surface area contributed by atoms with Crippen molar-refractivity contribution in [1.29, 1.82) is 0 Å². The molecule has 1 fully saturated rings. The highest BCUT2D eigenvalue weighted by Crippen LogP contribution is 2.21. The van der Waals surface area contributed by atoms with Gasteiger partial charge in [-0.25, -0.2) is 0 Å². The summed E-state index contributed by atoms with van der Waals surface area (Å²) in [4.78, 5) is 26.4. The van der Waals surface area contributed by atoms with E-state index in [0.717, 1.165) is 16.9 Å². The van der Waals surface area contributed by atoms with Gasteiger partial charge in [0.2, 0.25) is 11.8 Å². The van der Waals surface area contributed by atoms with Gasteiger partial charge in [0, 0.05) is 26.1 Å². The molecule has 1 atom stereocenters. The molecule has 2 amide bonds. The summed E-state index contributed by atoms with van der Waals surface area (Å²) in [5, 5.41) is 2.95. The van der Waals surface area contributed by atoms with Crippen molar-refractivity contribution < 1.29 is 14.3 Å². The highest BCUT2D eigenvalue weighted by Gasteiger charge is 2.34. The lowest BCUT2D eigenvalue weighted by Gasteiger charge is -2.16. The van der Waals surface area contributed by atoms with E-state index in [-0.39, 0.29) is 30.3 Å². The van der Waals surface area contributed by atoms with Crippen LogP contribution in [-0.2, 0) is 22.7 Å². The van der Waals surface area contributed by atoms with Gasteiger partial charge < -0.3 is 15.0 Å². The fourth-order valence-corrected chi connectivity index (χ4v) is 3.20. The highest BCUT2D eigenvalue weighted by molar-refractivity contribution is 5.89. The van der Waals surface area contributed by atoms with Crippen LogP contribution in [0.3, 0.4) is 0 Å². The molecular weight excluding hydrogens is 340 g/mol. The van der Waals surface area contributed by atoms with Crippen LogP contribution in [0, 0.1) is 5.92 Å². The molecule has 2 aromatic rings. The van der Waals surface area contributed by atoms with Crippen LogP contribution in [-0.4, -0.2) is 29.4 Å². The Morgan fingerprint density at radius 2 is 1.81 bits per heavy atom. The van der Waals surface area contributed by atoms with Gasteiger partial charge in [-0.2, -0.15) is 0 Å². The second kappa shape index (κ2) is 8.71. The average Bonchev–Trinajstić information content (AvgIpc) is 3.02. The maximum absolute atomic E-state index is 12.5. The zero-order valence-electron chi connectivity index (χ0n) is 15.9. The van der Waals surface area contributed by atoms with Crippen LogP contribution in [0.5, 0.6) is 5.75 Å². The summed E-state index contributed by atoms with van der Waals surface area (Å²) in [6, 6.07) is 17.5. The first kappa shape index (κ1) is 19.0. The van der Waals surface area contributed by atoms with Gasteiger partial charge >= 0.3 is 0 Å². The van der Waals surface area contributed by atoms with E-state index in [9.17, 15) is 9.59 Å². The average molecular weight is 366 g/mol. The van der Waals surface area contributed by atoms with Gasteiger partial charge in [0.1, 0.15) is 5.75 Å². The minimum atomic E-state index is -0.287. The number of nitrogens with one attached hydrogen (secondary N) is 1. The molecular formula is C22H26N2O3. The summed E-state index contributed by atoms with van der Waals surface area (Å²) in [5.41, 5.74) is 2.08. The van der Waals surface area contributed by atoms with Gasteiger partial charge in [0.05, 0.1) is 12.0 Å². The summed E-state index contributed by atoms with van der Waals surface area (Å²) in [6.07, 6.45) is 0.411. The number of ether oxygens (including phenoxy) is 1. The van der Waals surface area contributed by atoms with Crippen molar-refractivity contribution in [3.05, 3.63) is 65.7 Å². The van der Waals surface area contributed by atoms with Crippen molar-refractivity contribution >= 4 is 11.8 Å². The molecule has 142 valence electrons. The standard InChI is InChI=1S/C22H26N2O3/c1-16(2)27-20-10-8-17(9-11-20)13-23-22(26)19-12-21(25)24(15-19)14-18-6-4-3-5-7-18/h3-11,16,19H,12-15H2,1-2H3,(H,23,26)/t19-/m1/s1. The van der Waals surface area contributed by atoms with E-state index in [2.05, 4.69) is 5.32 Å². The maximum atomic E-state index is 12.5. The molecule has 0 aliphatic carbocycles. The normalized spacial score (nSPS) is 16.6. The number of amides is 2. The van der Waals surface area contributed by atoms with E-state index in [1.165, 1.54) is 0 Å². The number of hydrogen-bond acceptors (Lipinski definition) is 3. The summed E-state index contributed by atoms with van der Waals surface area (Å²) in [7, 11) is 0. The van der Waals surface area contributed by atoms with Gasteiger partial charge in [-0.3, -0.25) is 9.59 Å². The van der Waals surface area contributed by atoms with E-state index in [0.29, 0.717) is 19.6 Å². The van der Waals surface area contributed by atoms with Crippen LogP contribution in [0.4, 0.5) is 0 Å². The Hall–Kier alpha value is -2.82. The molecule has 1 heterocycles. The largest absolute Gasteiger partial charge is 0.491 e. The van der Waals surface area contributed by atoms with Crippen LogP contribution in [0.1, 0.15) is 31.4 Å². The minimum Gasteiger partial charge on any atom is -0.491 e. The SMILES string of the molecule is CC(C)Oc1ccc(CNC(=O)[C@@H]2CC(=O)N(Cc3ccccc3)C2)cc1. The van der Waals surface area contributed by atoms with Gasteiger partial charge in [-0.05, 0) is 37.1 Å². The first-order valence-electron chi connectivity index (χ1n) is 9.36. The van der Waals surface area contributed by atoms with Crippen molar-refractivity contribution in [2.45, 2.75) is 39.5 Å². The molecule has 5 heteroatoms. The van der Waals surface area contributed by atoms with E-state index < -0.39 is 0 Å². The number of carbonyl (C=O) groups excluding carboxylic acids is 2. The van der Waals surface area contributed by atoms with Crippen LogP contribution < -0.4 is 10.1 Å². The molecule has 1 aliphatic heterocycles. The van der Waals surface area contributed by atoms with E-state index in [1.807, 2.05) is 68.4 Å². The van der Waals surface area contributed by atoms with Gasteiger partial charge in [-0.15, -0.1) is 0 Å². The summed E-state index contributed by atoms with van der Waals surface area (Å²) in [5.74, 6) is 0.499. The summed E-state index contributed by atoms with van der Waals surface area (Å²) in [6.45, 7) is 5.45. The van der Waals surface area contributed by atoms with Crippen LogP contribution in [0.2, 0.25) is 0 Å². The van der Waals surface area contributed by atoms with Crippen molar-refractivity contribution in [2.24, 2.45) is 5.92 Å². The lowest BCUT2D eigenvalue weighted by atomic mass is 10.1. The Balaban J connectivity index is 1.49. The predicted octanol–water partition coefficient (Wildman–Crippen LogP) is 3.14. The number of likely N-dealkylation sites (tertiary alicyclic amines) is 1. The second-order valence-electron chi connectivity index (χ2n) is 7.19. The lowest BCUT2D eigenvalue weighted by molar-refractivity contribution is -0.129. The zero-order chi connectivity index (χ0) is 19.2. The Kier molecular flexibility index (Phi) is 6.12. The van der Waals surface area contributed by atoms with Crippen molar-refractivity contribution in [1.82, 2.24) is 10.2 Å². The third-order valence-corrected chi connectivity index (χ3v) is 4.56. The van der Waals surface area contributed by atoms with Gasteiger partial charge in [-0.1, -0.05) is 42.5 Å². The first-order chi connectivity index (χ1) is 13.0. The van der Waals surface area contributed by atoms with E-state index in [4.69, 9.17) is 4.74 Å². The number of carbonyl (C=O) groups is 2. The molecule has 2 aromatic carbocycles. The lowest BCUT2D eigenvalue weighted by Crippen LogP contribution is -2.32. The highest BCUT2D eigenvalue weighted by atomic mass is 16.5. The third kappa shape index (κ3) is 5.33. The molecule has 1 N–H and O–H groups in total. The Morgan fingerprint density at radius 1 is 1.11 bits per heavy atom. The quantitative estimate of drug-likeness (QED) is 0.819. The molecule has 5 nitrogen and oxygen atoms in total. The van der Waals surface area contributed by atoms with Gasteiger partial charge in [0.25, 0.3) is 0 Å². The van der Waals surface area contributed by atoms with Crippen molar-refractivity contribution in [3.63, 3.8) is 0 Å². The summed E-state index contributed by atoms with van der Waals surface area (Å²) >= 11 is 0. The molecule has 1 aliphatic rings. The van der Waals surface area contributed by atoms with E-state index in [1.54, 1.807) is 4.90 Å². The molecule has 0 radical (unpaired) electrons. The maximum Gasteiger partial charge on any atom is 0.225 e. The third-order valence-electron chi connectivity index (χ3n) is 4.56. The summed E-state index contributed by atoms with van der Waals surface area (Å²) < 4.78 is 5.62. The smallest absolute Gasteiger partial charge is 0.225 e. The zero-order valence-corrected chi connectivity index (χ0v) is 15.9. The second-order valence-corrected chi connectivity index (χ2v) is 7.19. The molecule has 0 unspecified atom stereocenters. The molecule has 0 saturated carbocycles. The predicted molar refractivity (Wildman–Crippen MR) is 104 cm³/mol. The fraction of sp³-hybridized carbons (Fsp3) is 0.364. The molecule has 0 bridgehead atoms. The molecule has 27 heavy (non-hydrogen) atoms. The molecule has 3 rings (SSSR count). The fourth-order valence-electron chi connectivity index (χ4n) is 3.20. The van der Waals surface area contributed by atoms with Crippen molar-refractivity contribution in [3.8, 4) is 5.75 Å². The number of benzene rings is 2.